The maximum absolute atomic E-state index is 12.6. The number of nitrogens with zero attached hydrogens (tertiary/aromatic N) is 1. The molecule has 1 amide bonds. The van der Waals surface area contributed by atoms with Crippen molar-refractivity contribution in [1.82, 2.24) is 9.62 Å². The van der Waals surface area contributed by atoms with E-state index in [4.69, 9.17) is 4.74 Å². The van der Waals surface area contributed by atoms with Crippen molar-refractivity contribution in [3.05, 3.63) is 29.8 Å². The SMILES string of the molecule is COCCNC(=O)C1CCN(S(=O)(=O)c2ccc(C)cc2)CC1. The van der Waals surface area contributed by atoms with Gasteiger partial charge in [0.15, 0.2) is 0 Å². The highest BCUT2D eigenvalue weighted by atomic mass is 32.2. The van der Waals surface area contributed by atoms with Gasteiger partial charge >= 0.3 is 0 Å². The fourth-order valence-electron chi connectivity index (χ4n) is 2.64. The molecule has 128 valence electrons. The molecular formula is C16H24N2O4S. The van der Waals surface area contributed by atoms with E-state index in [1.54, 1.807) is 31.4 Å². The molecule has 1 aliphatic rings. The average molecular weight is 340 g/mol. The molecular weight excluding hydrogens is 316 g/mol. The van der Waals surface area contributed by atoms with E-state index >= 15 is 0 Å². The summed E-state index contributed by atoms with van der Waals surface area (Å²) >= 11 is 0. The van der Waals surface area contributed by atoms with Crippen LogP contribution in [0.5, 0.6) is 0 Å². The fraction of sp³-hybridized carbons (Fsp3) is 0.562. The van der Waals surface area contributed by atoms with Crippen molar-refractivity contribution in [2.45, 2.75) is 24.7 Å². The van der Waals surface area contributed by atoms with Crippen LogP contribution < -0.4 is 5.32 Å². The van der Waals surface area contributed by atoms with Crippen molar-refractivity contribution in [3.63, 3.8) is 0 Å². The van der Waals surface area contributed by atoms with E-state index in [2.05, 4.69) is 5.32 Å². The summed E-state index contributed by atoms with van der Waals surface area (Å²) in [6.07, 6.45) is 1.09. The Hall–Kier alpha value is -1.44. The van der Waals surface area contributed by atoms with Crippen molar-refractivity contribution in [1.29, 1.82) is 0 Å². The van der Waals surface area contributed by atoms with Crippen LogP contribution in [0.4, 0.5) is 0 Å². The lowest BCUT2D eigenvalue weighted by molar-refractivity contribution is -0.126. The summed E-state index contributed by atoms with van der Waals surface area (Å²) < 4.78 is 31.6. The van der Waals surface area contributed by atoms with Crippen molar-refractivity contribution in [3.8, 4) is 0 Å². The first-order valence-electron chi connectivity index (χ1n) is 7.78. The van der Waals surface area contributed by atoms with Gasteiger partial charge < -0.3 is 10.1 Å². The third-order valence-electron chi connectivity index (χ3n) is 4.09. The zero-order valence-corrected chi connectivity index (χ0v) is 14.4. The van der Waals surface area contributed by atoms with Crippen molar-refractivity contribution in [2.75, 3.05) is 33.4 Å². The van der Waals surface area contributed by atoms with E-state index in [0.29, 0.717) is 44.0 Å². The van der Waals surface area contributed by atoms with Crippen LogP contribution in [0.25, 0.3) is 0 Å². The van der Waals surface area contributed by atoms with E-state index in [0.717, 1.165) is 5.56 Å². The van der Waals surface area contributed by atoms with Crippen molar-refractivity contribution in [2.24, 2.45) is 5.92 Å². The molecule has 0 atom stereocenters. The summed E-state index contributed by atoms with van der Waals surface area (Å²) in [5, 5.41) is 2.81. The van der Waals surface area contributed by atoms with Gasteiger partial charge in [0.1, 0.15) is 0 Å². The van der Waals surface area contributed by atoms with Gasteiger partial charge in [-0.05, 0) is 31.9 Å². The first-order chi connectivity index (χ1) is 10.9. The monoisotopic (exact) mass is 340 g/mol. The molecule has 23 heavy (non-hydrogen) atoms. The van der Waals surface area contributed by atoms with Gasteiger partial charge in [-0.25, -0.2) is 8.42 Å². The summed E-state index contributed by atoms with van der Waals surface area (Å²) in [4.78, 5) is 12.3. The van der Waals surface area contributed by atoms with Gasteiger partial charge in [-0.2, -0.15) is 4.31 Å². The first-order valence-corrected chi connectivity index (χ1v) is 9.22. The lowest BCUT2D eigenvalue weighted by Gasteiger charge is -2.30. The number of nitrogens with one attached hydrogen (secondary N) is 1. The number of piperidine rings is 1. The molecule has 1 heterocycles. The highest BCUT2D eigenvalue weighted by molar-refractivity contribution is 7.89. The molecule has 1 fully saturated rings. The number of amides is 1. The van der Waals surface area contributed by atoms with Gasteiger partial charge in [-0.1, -0.05) is 17.7 Å². The molecule has 0 aliphatic carbocycles. The van der Waals surface area contributed by atoms with Crippen LogP contribution in [0.3, 0.4) is 0 Å². The number of aryl methyl sites for hydroxylation is 1. The smallest absolute Gasteiger partial charge is 0.243 e. The summed E-state index contributed by atoms with van der Waals surface area (Å²) in [6, 6.07) is 6.86. The van der Waals surface area contributed by atoms with Crippen LogP contribution in [0.1, 0.15) is 18.4 Å². The minimum atomic E-state index is -3.47. The van der Waals surface area contributed by atoms with Gasteiger partial charge in [0, 0.05) is 32.7 Å². The molecule has 1 saturated heterocycles. The molecule has 0 radical (unpaired) electrons. The van der Waals surface area contributed by atoms with Gasteiger partial charge in [0.05, 0.1) is 11.5 Å². The van der Waals surface area contributed by atoms with Crippen molar-refractivity contribution < 1.29 is 17.9 Å². The molecule has 1 aromatic rings. The van der Waals surface area contributed by atoms with Gasteiger partial charge in [-0.3, -0.25) is 4.79 Å². The largest absolute Gasteiger partial charge is 0.383 e. The molecule has 7 heteroatoms. The van der Waals surface area contributed by atoms with Crippen LogP contribution in [0, 0.1) is 12.8 Å². The molecule has 0 bridgehead atoms. The molecule has 0 aromatic heterocycles. The van der Waals surface area contributed by atoms with E-state index < -0.39 is 10.0 Å². The van der Waals surface area contributed by atoms with Crippen LogP contribution in [0.15, 0.2) is 29.2 Å². The zero-order chi connectivity index (χ0) is 16.9. The minimum Gasteiger partial charge on any atom is -0.383 e. The summed E-state index contributed by atoms with van der Waals surface area (Å²) in [5.41, 5.74) is 1.02. The second-order valence-electron chi connectivity index (χ2n) is 5.78. The third-order valence-corrected chi connectivity index (χ3v) is 6.00. The standard InChI is InChI=1S/C16H24N2O4S/c1-13-3-5-15(6-4-13)23(20,21)18-10-7-14(8-11-18)16(19)17-9-12-22-2/h3-6,14H,7-12H2,1-2H3,(H,17,19). The number of hydrogen-bond acceptors (Lipinski definition) is 4. The molecule has 0 unspecified atom stereocenters. The maximum Gasteiger partial charge on any atom is 0.243 e. The number of benzene rings is 1. The van der Waals surface area contributed by atoms with Gasteiger partial charge in [0.25, 0.3) is 0 Å². The Kier molecular flexibility index (Phi) is 6.15. The summed E-state index contributed by atoms with van der Waals surface area (Å²) in [6.45, 7) is 3.63. The Balaban J connectivity index is 1.93. The second kappa shape index (κ2) is 7.90. The molecule has 1 aromatic carbocycles. The van der Waals surface area contributed by atoms with Crippen LogP contribution in [0.2, 0.25) is 0 Å². The Morgan fingerprint density at radius 3 is 2.43 bits per heavy atom. The number of carbonyl (C=O) groups is 1. The number of hydrogen-bond donors (Lipinski definition) is 1. The second-order valence-corrected chi connectivity index (χ2v) is 7.71. The number of ether oxygens (including phenoxy) is 1. The van der Waals surface area contributed by atoms with Crippen LogP contribution in [-0.2, 0) is 19.6 Å². The Morgan fingerprint density at radius 2 is 1.87 bits per heavy atom. The predicted octanol–water partition coefficient (Wildman–Crippen LogP) is 1.16. The quantitative estimate of drug-likeness (QED) is 0.789. The number of carbonyl (C=O) groups excluding carboxylic acids is 1. The lowest BCUT2D eigenvalue weighted by Crippen LogP contribution is -2.43. The average Bonchev–Trinajstić information content (AvgIpc) is 2.55. The lowest BCUT2D eigenvalue weighted by atomic mass is 9.97. The van der Waals surface area contributed by atoms with E-state index in [-0.39, 0.29) is 11.8 Å². The molecule has 1 N–H and O–H groups in total. The normalized spacial score (nSPS) is 17.1. The van der Waals surface area contributed by atoms with Crippen LogP contribution in [-0.4, -0.2) is 52.0 Å². The van der Waals surface area contributed by atoms with Gasteiger partial charge in [0.2, 0.25) is 15.9 Å². The minimum absolute atomic E-state index is 0.0190. The number of rotatable bonds is 6. The van der Waals surface area contributed by atoms with Crippen molar-refractivity contribution >= 4 is 15.9 Å². The Morgan fingerprint density at radius 1 is 1.26 bits per heavy atom. The highest BCUT2D eigenvalue weighted by Crippen LogP contribution is 2.24. The van der Waals surface area contributed by atoms with E-state index in [9.17, 15) is 13.2 Å². The number of methoxy groups -OCH3 is 1. The molecule has 2 rings (SSSR count). The Labute approximate surface area is 137 Å². The molecule has 1 aliphatic heterocycles. The summed E-state index contributed by atoms with van der Waals surface area (Å²) in [7, 11) is -1.88. The number of sulfonamides is 1. The summed E-state index contributed by atoms with van der Waals surface area (Å²) in [5.74, 6) is -0.147. The molecule has 0 spiro atoms. The maximum atomic E-state index is 12.6. The Bertz CT molecular complexity index is 620. The fourth-order valence-corrected chi connectivity index (χ4v) is 4.11. The molecule has 0 saturated carbocycles. The van der Waals surface area contributed by atoms with Gasteiger partial charge in [-0.15, -0.1) is 0 Å². The zero-order valence-electron chi connectivity index (χ0n) is 13.6. The predicted molar refractivity (Wildman–Crippen MR) is 87.5 cm³/mol. The topological polar surface area (TPSA) is 75.7 Å². The molecule has 6 nitrogen and oxygen atoms in total. The van der Waals surface area contributed by atoms with E-state index in [1.165, 1.54) is 4.31 Å². The van der Waals surface area contributed by atoms with Crippen LogP contribution >= 0.6 is 0 Å². The highest BCUT2D eigenvalue weighted by Gasteiger charge is 2.31. The first kappa shape index (κ1) is 17.9. The third kappa shape index (κ3) is 4.53. The van der Waals surface area contributed by atoms with E-state index in [1.807, 2.05) is 6.92 Å².